The highest BCUT2D eigenvalue weighted by Crippen LogP contribution is 2.64. The van der Waals surface area contributed by atoms with Crippen LogP contribution < -0.4 is 24.2 Å². The van der Waals surface area contributed by atoms with E-state index in [9.17, 15) is 44.5 Å². The van der Waals surface area contributed by atoms with E-state index in [2.05, 4.69) is 0 Å². The number of phenols is 1. The van der Waals surface area contributed by atoms with Gasteiger partial charge in [0.15, 0.2) is 17.2 Å². The molecule has 4 amide bonds. The van der Waals surface area contributed by atoms with E-state index < -0.39 is 79.9 Å². The maximum absolute atomic E-state index is 14.7. The van der Waals surface area contributed by atoms with Crippen molar-refractivity contribution in [2.45, 2.75) is 25.7 Å². The van der Waals surface area contributed by atoms with Crippen LogP contribution in [0, 0.1) is 49.3 Å². The average molecular weight is 726 g/mol. The molecule has 53 heavy (non-hydrogen) atoms. The number of nitro benzene ring substituents is 2. The highest BCUT2D eigenvalue weighted by atomic mass is 16.6. The molecule has 16 heteroatoms. The van der Waals surface area contributed by atoms with Gasteiger partial charge in [0.2, 0.25) is 29.4 Å². The quantitative estimate of drug-likeness (QED) is 0.145. The van der Waals surface area contributed by atoms with Crippen LogP contribution in [-0.2, 0) is 19.2 Å². The van der Waals surface area contributed by atoms with Gasteiger partial charge in [-0.15, -0.1) is 0 Å². The second kappa shape index (κ2) is 12.4. The summed E-state index contributed by atoms with van der Waals surface area (Å²) in [6, 6.07) is 13.5. The fourth-order valence-corrected chi connectivity index (χ4v) is 9.01. The first-order valence-corrected chi connectivity index (χ1v) is 16.8. The molecule has 0 bridgehead atoms. The van der Waals surface area contributed by atoms with Gasteiger partial charge in [0.1, 0.15) is 0 Å². The van der Waals surface area contributed by atoms with Crippen LogP contribution in [0.4, 0.5) is 28.4 Å². The number of methoxy groups -OCH3 is 2. The molecule has 3 fully saturated rings. The van der Waals surface area contributed by atoms with Crippen LogP contribution in [0.25, 0.3) is 0 Å². The number of ether oxygens (including phenoxy) is 2. The van der Waals surface area contributed by atoms with Crippen molar-refractivity contribution in [1.82, 2.24) is 0 Å². The molecule has 3 aromatic carbocycles. The van der Waals surface area contributed by atoms with Crippen LogP contribution in [0.3, 0.4) is 0 Å². The molecule has 16 nitrogen and oxygen atoms in total. The van der Waals surface area contributed by atoms with Crippen LogP contribution >= 0.6 is 0 Å². The maximum Gasteiger partial charge on any atom is 0.301 e. The standard InChI is InChI=1S/C37H35N5O11/c1-37-24(34(45)40(36(37)47)19-9-7-6-8-10-19)17-23-21(30(37)18-13-27(52-4)32(43)28(14-18)53-5)11-12-22-29(23)35(46)39(33(22)44)20-15-25(41(48)49)31(38(2)3)26(16-20)42(50)51/h6-11,13-16,22-24,29-30,43H,12,17H2,1-5H3/t22-,23+,24-,29-,30-,37+/m0/s1. The first-order chi connectivity index (χ1) is 25.2. The Morgan fingerprint density at radius 2 is 1.42 bits per heavy atom. The minimum atomic E-state index is -1.40. The number of imide groups is 2. The number of nitro groups is 2. The summed E-state index contributed by atoms with van der Waals surface area (Å²) in [5.41, 5.74) is -1.87. The number of para-hydroxylation sites is 1. The third kappa shape index (κ3) is 4.95. The van der Waals surface area contributed by atoms with E-state index in [4.69, 9.17) is 9.47 Å². The molecule has 0 radical (unpaired) electrons. The van der Waals surface area contributed by atoms with Gasteiger partial charge in [0, 0.05) is 32.1 Å². The van der Waals surface area contributed by atoms with Gasteiger partial charge in [0.05, 0.1) is 58.6 Å². The lowest BCUT2D eigenvalue weighted by atomic mass is 9.51. The fourth-order valence-electron chi connectivity index (χ4n) is 9.01. The second-order valence-electron chi connectivity index (χ2n) is 14.0. The van der Waals surface area contributed by atoms with Crippen molar-refractivity contribution < 1.29 is 43.6 Å². The molecular weight excluding hydrogens is 690 g/mol. The molecule has 0 aromatic heterocycles. The number of carbonyl (C=O) groups is 4. The fraction of sp³-hybridized carbons (Fsp3) is 0.351. The lowest BCUT2D eigenvalue weighted by Crippen LogP contribution is -2.48. The van der Waals surface area contributed by atoms with Gasteiger partial charge in [-0.25, -0.2) is 9.80 Å². The Morgan fingerprint density at radius 1 is 0.830 bits per heavy atom. The highest BCUT2D eigenvalue weighted by Gasteiger charge is 2.68. The maximum atomic E-state index is 14.7. The molecule has 0 unspecified atom stereocenters. The lowest BCUT2D eigenvalue weighted by Gasteiger charge is -2.49. The predicted octanol–water partition coefficient (Wildman–Crippen LogP) is 4.73. The van der Waals surface area contributed by atoms with Crippen molar-refractivity contribution >= 4 is 52.1 Å². The summed E-state index contributed by atoms with van der Waals surface area (Å²) in [5.74, 6) is -7.13. The number of benzene rings is 3. The first-order valence-electron chi connectivity index (χ1n) is 16.8. The van der Waals surface area contributed by atoms with Crippen molar-refractivity contribution in [2.75, 3.05) is 43.0 Å². The Hall–Kier alpha value is -6.32. The highest BCUT2D eigenvalue weighted by molar-refractivity contribution is 6.25. The molecule has 2 aliphatic heterocycles. The Labute approximate surface area is 302 Å². The smallest absolute Gasteiger partial charge is 0.301 e. The molecule has 274 valence electrons. The normalized spacial score (nSPS) is 26.1. The molecule has 3 aromatic rings. The van der Waals surface area contributed by atoms with E-state index in [0.717, 1.165) is 21.9 Å². The van der Waals surface area contributed by atoms with Gasteiger partial charge in [-0.1, -0.05) is 29.8 Å². The summed E-state index contributed by atoms with van der Waals surface area (Å²) in [4.78, 5) is 83.6. The van der Waals surface area contributed by atoms with E-state index >= 15 is 0 Å². The number of hydrogen-bond donors (Lipinski definition) is 1. The number of rotatable bonds is 8. The Kier molecular flexibility index (Phi) is 8.23. The van der Waals surface area contributed by atoms with Crippen molar-refractivity contribution in [1.29, 1.82) is 0 Å². The monoisotopic (exact) mass is 725 g/mol. The molecule has 6 atom stereocenters. The van der Waals surface area contributed by atoms with E-state index in [0.29, 0.717) is 16.8 Å². The molecular formula is C37H35N5O11. The average Bonchev–Trinajstić information content (AvgIpc) is 3.50. The number of fused-ring (bicyclic) bond motifs is 4. The second-order valence-corrected chi connectivity index (χ2v) is 14.0. The van der Waals surface area contributed by atoms with E-state index in [1.54, 1.807) is 55.5 Å². The summed E-state index contributed by atoms with van der Waals surface area (Å²) >= 11 is 0. The summed E-state index contributed by atoms with van der Waals surface area (Å²) < 4.78 is 10.9. The number of nitrogens with zero attached hydrogens (tertiary/aromatic N) is 5. The zero-order chi connectivity index (χ0) is 38.3. The van der Waals surface area contributed by atoms with Gasteiger partial charge in [-0.3, -0.25) is 39.4 Å². The molecule has 4 aliphatic rings. The molecule has 1 N–H and O–H groups in total. The number of carbonyl (C=O) groups excluding carboxylic acids is 4. The summed E-state index contributed by atoms with van der Waals surface area (Å²) in [5, 5.41) is 35.1. The zero-order valence-electron chi connectivity index (χ0n) is 29.3. The zero-order valence-corrected chi connectivity index (χ0v) is 29.3. The lowest BCUT2D eigenvalue weighted by molar-refractivity contribution is -0.392. The first kappa shape index (κ1) is 35.1. The van der Waals surface area contributed by atoms with Gasteiger partial charge in [0.25, 0.3) is 0 Å². The van der Waals surface area contributed by atoms with Crippen molar-refractivity contribution in [3.63, 3.8) is 0 Å². The molecule has 2 aliphatic carbocycles. The summed E-state index contributed by atoms with van der Waals surface area (Å²) in [6.45, 7) is 1.71. The molecule has 2 saturated heterocycles. The van der Waals surface area contributed by atoms with Crippen molar-refractivity contribution in [2.24, 2.45) is 29.1 Å². The van der Waals surface area contributed by atoms with Crippen molar-refractivity contribution in [3.8, 4) is 17.2 Å². The number of phenolic OH excluding ortho intramolecular Hbond substituents is 1. The molecule has 1 saturated carbocycles. The molecule has 0 spiro atoms. The summed E-state index contributed by atoms with van der Waals surface area (Å²) in [6.07, 6.45) is 1.88. The Balaban J connectivity index is 1.39. The van der Waals surface area contributed by atoms with Crippen LogP contribution in [0.2, 0.25) is 0 Å². The molecule has 2 heterocycles. The van der Waals surface area contributed by atoms with Gasteiger partial charge in [-0.05, 0) is 55.5 Å². The van der Waals surface area contributed by atoms with Crippen molar-refractivity contribution in [3.05, 3.63) is 92.0 Å². The topological polar surface area (TPSA) is 203 Å². The number of anilines is 3. The SMILES string of the molecule is COc1cc([C@H]2C3=CC[C@@H]4C(=O)N(c5cc([N+](=O)[O-])c(N(C)C)c([N+](=O)[O-])c5)C(=O)[C@@H]4[C@@H]3C[C@H]3C(=O)N(c4ccccc4)C(=O)[C@@]23C)cc(OC)c1O. The van der Waals surface area contributed by atoms with Crippen LogP contribution in [0.15, 0.2) is 66.2 Å². The van der Waals surface area contributed by atoms with Gasteiger partial charge < -0.3 is 19.5 Å². The number of amides is 4. The summed E-state index contributed by atoms with van der Waals surface area (Å²) in [7, 11) is 5.53. The largest absolute Gasteiger partial charge is 0.502 e. The number of hydrogen-bond acceptors (Lipinski definition) is 12. The third-order valence-corrected chi connectivity index (χ3v) is 11.3. The minimum absolute atomic E-state index is 0.0208. The Bertz CT molecular complexity index is 2110. The van der Waals surface area contributed by atoms with Crippen LogP contribution in [0.1, 0.15) is 31.2 Å². The van der Waals surface area contributed by atoms with Crippen LogP contribution in [0.5, 0.6) is 17.2 Å². The third-order valence-electron chi connectivity index (χ3n) is 11.3. The van der Waals surface area contributed by atoms with Gasteiger partial charge in [-0.2, -0.15) is 0 Å². The minimum Gasteiger partial charge on any atom is -0.502 e. The Morgan fingerprint density at radius 3 is 1.94 bits per heavy atom. The number of allylic oxidation sites excluding steroid dienone is 2. The van der Waals surface area contributed by atoms with Gasteiger partial charge >= 0.3 is 11.4 Å². The number of aromatic hydroxyl groups is 1. The van der Waals surface area contributed by atoms with E-state index in [1.807, 2.05) is 0 Å². The molecule has 7 rings (SSSR count). The van der Waals surface area contributed by atoms with Crippen LogP contribution in [-0.4, -0.2) is 66.9 Å². The van der Waals surface area contributed by atoms with E-state index in [-0.39, 0.29) is 41.5 Å². The predicted molar refractivity (Wildman–Crippen MR) is 189 cm³/mol. The van der Waals surface area contributed by atoms with E-state index in [1.165, 1.54) is 33.2 Å².